The molecule has 0 bridgehead atoms. The van der Waals surface area contributed by atoms with Crippen LogP contribution in [0.4, 0.5) is 0 Å². The Morgan fingerprint density at radius 1 is 1.58 bits per heavy atom. The van der Waals surface area contributed by atoms with Gasteiger partial charge < -0.3 is 10.1 Å². The fraction of sp³-hybridized carbons (Fsp3) is 0.750. The summed E-state index contributed by atoms with van der Waals surface area (Å²) in [5, 5.41) is 3.00. The molecule has 1 heterocycles. The maximum absolute atomic E-state index is 11.1. The zero-order valence-corrected chi connectivity index (χ0v) is 7.29. The number of esters is 1. The first-order valence-electron chi connectivity index (χ1n) is 3.99. The minimum atomic E-state index is -0.439. The molecule has 0 aliphatic carbocycles. The fourth-order valence-electron chi connectivity index (χ4n) is 1.41. The van der Waals surface area contributed by atoms with Gasteiger partial charge in [0.15, 0.2) is 0 Å². The maximum Gasteiger partial charge on any atom is 0.323 e. The van der Waals surface area contributed by atoms with Gasteiger partial charge in [0.2, 0.25) is 0 Å². The lowest BCUT2D eigenvalue weighted by Crippen LogP contribution is -2.49. The number of rotatable bonds is 1. The van der Waals surface area contributed by atoms with E-state index in [1.54, 1.807) is 0 Å². The summed E-state index contributed by atoms with van der Waals surface area (Å²) in [4.78, 5) is 22.1. The second-order valence-electron chi connectivity index (χ2n) is 3.09. The fourth-order valence-corrected chi connectivity index (χ4v) is 1.41. The molecular formula is C8H13NO3. The third-order valence-corrected chi connectivity index (χ3v) is 1.94. The highest BCUT2D eigenvalue weighted by atomic mass is 16.5. The Bertz CT molecular complexity index is 202. The van der Waals surface area contributed by atoms with E-state index in [2.05, 4.69) is 10.1 Å². The first-order valence-corrected chi connectivity index (χ1v) is 3.99. The van der Waals surface area contributed by atoms with Crippen LogP contribution in [0.1, 0.15) is 19.8 Å². The van der Waals surface area contributed by atoms with Gasteiger partial charge in [-0.3, -0.25) is 9.59 Å². The van der Waals surface area contributed by atoms with Crippen molar-refractivity contribution in [3.8, 4) is 0 Å². The highest BCUT2D eigenvalue weighted by Crippen LogP contribution is 2.09. The minimum absolute atomic E-state index is 0.0790. The molecule has 0 aromatic carbocycles. The Morgan fingerprint density at radius 2 is 2.25 bits per heavy atom. The van der Waals surface area contributed by atoms with Gasteiger partial charge in [-0.25, -0.2) is 0 Å². The summed E-state index contributed by atoms with van der Waals surface area (Å²) in [6.07, 6.45) is 0.768. The van der Waals surface area contributed by atoms with Crippen LogP contribution in [0.3, 0.4) is 0 Å². The van der Waals surface area contributed by atoms with E-state index >= 15 is 0 Å². The molecule has 2 atom stereocenters. The number of piperidine rings is 1. The van der Waals surface area contributed by atoms with Gasteiger partial charge >= 0.3 is 5.97 Å². The molecule has 1 aliphatic heterocycles. The summed E-state index contributed by atoms with van der Waals surface area (Å²) in [5.41, 5.74) is 0. The summed E-state index contributed by atoms with van der Waals surface area (Å²) in [7, 11) is 1.33. The molecule has 4 heteroatoms. The molecule has 0 amide bonds. The van der Waals surface area contributed by atoms with E-state index in [1.165, 1.54) is 7.11 Å². The highest BCUT2D eigenvalue weighted by Gasteiger charge is 2.29. The molecule has 1 fully saturated rings. The van der Waals surface area contributed by atoms with Crippen molar-refractivity contribution in [3.05, 3.63) is 0 Å². The van der Waals surface area contributed by atoms with Crippen molar-refractivity contribution >= 4 is 11.8 Å². The van der Waals surface area contributed by atoms with Gasteiger partial charge in [-0.2, -0.15) is 0 Å². The summed E-state index contributed by atoms with van der Waals surface area (Å²) in [6, 6.07) is -0.360. The molecule has 1 rings (SSSR count). The average Bonchev–Trinajstić information content (AvgIpc) is 2.01. The predicted molar refractivity (Wildman–Crippen MR) is 42.6 cm³/mol. The molecule has 0 spiro atoms. The molecule has 1 N–H and O–H groups in total. The van der Waals surface area contributed by atoms with Crippen molar-refractivity contribution in [2.75, 3.05) is 7.11 Å². The molecule has 1 saturated heterocycles. The Balaban J connectivity index is 2.55. The van der Waals surface area contributed by atoms with Gasteiger partial charge in [-0.1, -0.05) is 0 Å². The molecule has 0 aromatic heterocycles. The largest absolute Gasteiger partial charge is 0.468 e. The van der Waals surface area contributed by atoms with E-state index in [0.29, 0.717) is 6.42 Å². The first-order chi connectivity index (χ1) is 5.63. The smallest absolute Gasteiger partial charge is 0.323 e. The van der Waals surface area contributed by atoms with Crippen LogP contribution in [0.25, 0.3) is 0 Å². The van der Waals surface area contributed by atoms with E-state index in [9.17, 15) is 9.59 Å². The Kier molecular flexibility index (Phi) is 2.81. The SMILES string of the molecule is COC(=O)[C@@H]1CC(=O)C[C@@H](C)N1. The van der Waals surface area contributed by atoms with E-state index in [-0.39, 0.29) is 24.2 Å². The first kappa shape index (κ1) is 9.19. The molecule has 0 saturated carbocycles. The number of carbonyl (C=O) groups is 2. The number of hydrogen-bond acceptors (Lipinski definition) is 4. The van der Waals surface area contributed by atoms with Crippen LogP contribution in [-0.4, -0.2) is 30.9 Å². The molecule has 0 unspecified atom stereocenters. The summed E-state index contributed by atoms with van der Waals surface area (Å²) >= 11 is 0. The molecular weight excluding hydrogens is 158 g/mol. The summed E-state index contributed by atoms with van der Waals surface area (Å²) < 4.78 is 4.53. The Hall–Kier alpha value is -0.900. The third kappa shape index (κ3) is 2.04. The van der Waals surface area contributed by atoms with E-state index in [4.69, 9.17) is 0 Å². The molecule has 68 valence electrons. The monoisotopic (exact) mass is 171 g/mol. The number of ether oxygens (including phenoxy) is 1. The number of nitrogens with one attached hydrogen (secondary N) is 1. The van der Waals surface area contributed by atoms with Crippen molar-refractivity contribution in [3.63, 3.8) is 0 Å². The zero-order valence-electron chi connectivity index (χ0n) is 7.29. The standard InChI is InChI=1S/C8H13NO3/c1-5-3-6(10)4-7(9-5)8(11)12-2/h5,7,9H,3-4H2,1-2H3/t5-,7+/m1/s1. The van der Waals surface area contributed by atoms with Crippen molar-refractivity contribution in [2.24, 2.45) is 0 Å². The topological polar surface area (TPSA) is 55.4 Å². The van der Waals surface area contributed by atoms with Gasteiger partial charge in [-0.15, -0.1) is 0 Å². The van der Waals surface area contributed by atoms with E-state index in [0.717, 1.165) is 0 Å². The van der Waals surface area contributed by atoms with Crippen LogP contribution in [0.15, 0.2) is 0 Å². The quantitative estimate of drug-likeness (QED) is 0.558. The lowest BCUT2D eigenvalue weighted by molar-refractivity contribution is -0.146. The van der Waals surface area contributed by atoms with Crippen LogP contribution in [0.5, 0.6) is 0 Å². The third-order valence-electron chi connectivity index (χ3n) is 1.94. The maximum atomic E-state index is 11.1. The normalized spacial score (nSPS) is 30.0. The van der Waals surface area contributed by atoms with Crippen molar-refractivity contribution in [2.45, 2.75) is 31.8 Å². The molecule has 0 radical (unpaired) electrons. The highest BCUT2D eigenvalue weighted by molar-refractivity contribution is 5.88. The Labute approximate surface area is 71.3 Å². The zero-order chi connectivity index (χ0) is 9.14. The number of hydrogen-bond donors (Lipinski definition) is 1. The summed E-state index contributed by atoms with van der Waals surface area (Å²) in [5.74, 6) is -0.230. The molecule has 1 aliphatic rings. The lowest BCUT2D eigenvalue weighted by Gasteiger charge is -2.25. The molecule has 0 aromatic rings. The van der Waals surface area contributed by atoms with Crippen LogP contribution in [0, 0.1) is 0 Å². The van der Waals surface area contributed by atoms with Crippen LogP contribution >= 0.6 is 0 Å². The van der Waals surface area contributed by atoms with Crippen molar-refractivity contribution in [1.82, 2.24) is 5.32 Å². The van der Waals surface area contributed by atoms with Crippen LogP contribution in [-0.2, 0) is 14.3 Å². The lowest BCUT2D eigenvalue weighted by atomic mass is 9.98. The molecule has 12 heavy (non-hydrogen) atoms. The summed E-state index contributed by atoms with van der Waals surface area (Å²) in [6.45, 7) is 1.88. The van der Waals surface area contributed by atoms with Crippen LogP contribution in [0.2, 0.25) is 0 Å². The number of Topliss-reactive ketones (excluding diaryl/α,β-unsaturated/α-hetero) is 1. The second kappa shape index (κ2) is 3.67. The van der Waals surface area contributed by atoms with Gasteiger partial charge in [0.1, 0.15) is 11.8 Å². The van der Waals surface area contributed by atoms with Gasteiger partial charge in [0.05, 0.1) is 7.11 Å². The van der Waals surface area contributed by atoms with Crippen LogP contribution < -0.4 is 5.32 Å². The minimum Gasteiger partial charge on any atom is -0.468 e. The van der Waals surface area contributed by atoms with Crippen molar-refractivity contribution in [1.29, 1.82) is 0 Å². The van der Waals surface area contributed by atoms with Gasteiger partial charge in [-0.05, 0) is 6.92 Å². The molecule has 4 nitrogen and oxygen atoms in total. The Morgan fingerprint density at radius 3 is 2.75 bits per heavy atom. The average molecular weight is 171 g/mol. The van der Waals surface area contributed by atoms with Gasteiger partial charge in [0.25, 0.3) is 0 Å². The van der Waals surface area contributed by atoms with E-state index in [1.807, 2.05) is 6.92 Å². The number of ketones is 1. The second-order valence-corrected chi connectivity index (χ2v) is 3.09. The number of carbonyl (C=O) groups excluding carboxylic acids is 2. The van der Waals surface area contributed by atoms with E-state index < -0.39 is 6.04 Å². The van der Waals surface area contributed by atoms with Crippen molar-refractivity contribution < 1.29 is 14.3 Å². The predicted octanol–water partition coefficient (Wildman–Crippen LogP) is -0.131. The number of methoxy groups -OCH3 is 1. The van der Waals surface area contributed by atoms with Gasteiger partial charge in [0, 0.05) is 18.9 Å².